The number of carbonyl (C=O) groups is 1. The van der Waals surface area contributed by atoms with E-state index in [1.165, 1.54) is 0 Å². The van der Waals surface area contributed by atoms with E-state index in [0.29, 0.717) is 13.2 Å². The van der Waals surface area contributed by atoms with Gasteiger partial charge in [-0.1, -0.05) is 6.07 Å². The van der Waals surface area contributed by atoms with Gasteiger partial charge in [-0.2, -0.15) is 0 Å². The van der Waals surface area contributed by atoms with Gasteiger partial charge in [0.1, 0.15) is 18.9 Å². The first-order chi connectivity index (χ1) is 12.2. The van der Waals surface area contributed by atoms with Crippen molar-refractivity contribution in [3.05, 3.63) is 46.2 Å². The summed E-state index contributed by atoms with van der Waals surface area (Å²) in [5.41, 5.74) is 1.85. The third kappa shape index (κ3) is 3.03. The third-order valence-corrected chi connectivity index (χ3v) is 5.32. The molecule has 3 heterocycles. The quantitative estimate of drug-likeness (QED) is 0.775. The van der Waals surface area contributed by atoms with Crippen molar-refractivity contribution >= 4 is 21.8 Å². The van der Waals surface area contributed by atoms with E-state index in [-0.39, 0.29) is 11.9 Å². The Balaban J connectivity index is 1.63. The Kier molecular flexibility index (Phi) is 4.46. The molecule has 2 aromatic rings. The summed E-state index contributed by atoms with van der Waals surface area (Å²) in [7, 11) is 0. The SMILES string of the molecule is CCn1cc(Br)cc1C(=O)N1CCCC1c1ccc2c(c1)OCCO2. The number of aromatic nitrogens is 1. The van der Waals surface area contributed by atoms with Crippen LogP contribution in [0.2, 0.25) is 0 Å². The maximum atomic E-state index is 13.1. The van der Waals surface area contributed by atoms with Gasteiger partial charge in [0.2, 0.25) is 0 Å². The van der Waals surface area contributed by atoms with Crippen LogP contribution in [-0.4, -0.2) is 35.1 Å². The van der Waals surface area contributed by atoms with E-state index in [4.69, 9.17) is 9.47 Å². The molecule has 0 bridgehead atoms. The molecule has 0 radical (unpaired) electrons. The van der Waals surface area contributed by atoms with Gasteiger partial charge >= 0.3 is 0 Å². The van der Waals surface area contributed by atoms with Crippen molar-refractivity contribution in [1.82, 2.24) is 9.47 Å². The molecule has 0 spiro atoms. The van der Waals surface area contributed by atoms with Crippen molar-refractivity contribution in [2.24, 2.45) is 0 Å². The third-order valence-electron chi connectivity index (χ3n) is 4.89. The van der Waals surface area contributed by atoms with Crippen LogP contribution < -0.4 is 9.47 Å². The van der Waals surface area contributed by atoms with Crippen molar-refractivity contribution in [3.8, 4) is 11.5 Å². The number of carbonyl (C=O) groups excluding carboxylic acids is 1. The van der Waals surface area contributed by atoms with Gasteiger partial charge in [-0.3, -0.25) is 4.79 Å². The normalized spacial score (nSPS) is 19.3. The Morgan fingerprint density at radius 2 is 2.04 bits per heavy atom. The lowest BCUT2D eigenvalue weighted by molar-refractivity contribution is 0.0724. The molecule has 132 valence electrons. The lowest BCUT2D eigenvalue weighted by Crippen LogP contribution is -2.32. The van der Waals surface area contributed by atoms with Gasteiger partial charge < -0.3 is 18.9 Å². The van der Waals surface area contributed by atoms with Crippen LogP contribution in [0.5, 0.6) is 11.5 Å². The number of halogens is 1. The van der Waals surface area contributed by atoms with Crippen molar-refractivity contribution in [2.75, 3.05) is 19.8 Å². The molecule has 1 aromatic heterocycles. The van der Waals surface area contributed by atoms with Gasteiger partial charge in [-0.25, -0.2) is 0 Å². The highest BCUT2D eigenvalue weighted by Crippen LogP contribution is 2.38. The number of ether oxygens (including phenoxy) is 2. The summed E-state index contributed by atoms with van der Waals surface area (Å²) in [6.45, 7) is 4.76. The van der Waals surface area contributed by atoms with Crippen molar-refractivity contribution in [3.63, 3.8) is 0 Å². The van der Waals surface area contributed by atoms with E-state index >= 15 is 0 Å². The maximum Gasteiger partial charge on any atom is 0.271 e. The van der Waals surface area contributed by atoms with Crippen LogP contribution >= 0.6 is 15.9 Å². The Morgan fingerprint density at radius 3 is 2.84 bits per heavy atom. The van der Waals surface area contributed by atoms with E-state index in [1.807, 2.05) is 40.8 Å². The van der Waals surface area contributed by atoms with Gasteiger partial charge in [0.25, 0.3) is 5.91 Å². The number of benzene rings is 1. The highest BCUT2D eigenvalue weighted by atomic mass is 79.9. The van der Waals surface area contributed by atoms with Crippen LogP contribution in [-0.2, 0) is 6.54 Å². The molecule has 1 saturated heterocycles. The van der Waals surface area contributed by atoms with Crippen LogP contribution in [0, 0.1) is 0 Å². The Labute approximate surface area is 155 Å². The number of likely N-dealkylation sites (tertiary alicyclic amines) is 1. The number of nitrogens with zero attached hydrogens (tertiary/aromatic N) is 2. The van der Waals surface area contributed by atoms with Gasteiger partial charge in [-0.15, -0.1) is 0 Å². The fraction of sp³-hybridized carbons (Fsp3) is 0.421. The predicted octanol–water partition coefficient (Wildman–Crippen LogP) is 4.02. The minimum atomic E-state index is 0.0855. The van der Waals surface area contributed by atoms with Crippen molar-refractivity contribution in [2.45, 2.75) is 32.4 Å². The number of aryl methyl sites for hydroxylation is 1. The average Bonchev–Trinajstić information content (AvgIpc) is 3.27. The topological polar surface area (TPSA) is 43.7 Å². The Bertz CT molecular complexity index is 802. The molecule has 6 heteroatoms. The van der Waals surface area contributed by atoms with E-state index < -0.39 is 0 Å². The highest BCUT2D eigenvalue weighted by molar-refractivity contribution is 9.10. The van der Waals surface area contributed by atoms with E-state index in [2.05, 4.69) is 22.0 Å². The fourth-order valence-corrected chi connectivity index (χ4v) is 4.15. The van der Waals surface area contributed by atoms with Gasteiger partial charge in [-0.05, 0) is 59.5 Å². The van der Waals surface area contributed by atoms with Crippen molar-refractivity contribution < 1.29 is 14.3 Å². The summed E-state index contributed by atoms with van der Waals surface area (Å²) in [6, 6.07) is 8.03. The number of fused-ring (bicyclic) bond motifs is 1. The standard InChI is InChI=1S/C19H21BrN2O3/c1-2-21-12-14(20)11-16(21)19(23)22-7-3-4-15(22)13-5-6-17-18(10-13)25-9-8-24-17/h5-6,10-12,15H,2-4,7-9H2,1H3. The summed E-state index contributed by atoms with van der Waals surface area (Å²) in [5, 5.41) is 0. The smallest absolute Gasteiger partial charge is 0.271 e. The molecule has 0 N–H and O–H groups in total. The molecule has 1 atom stereocenters. The zero-order valence-corrected chi connectivity index (χ0v) is 15.8. The summed E-state index contributed by atoms with van der Waals surface area (Å²) in [4.78, 5) is 15.1. The van der Waals surface area contributed by atoms with Gasteiger partial charge in [0.15, 0.2) is 11.5 Å². The number of rotatable bonds is 3. The van der Waals surface area contributed by atoms with Gasteiger partial charge in [0, 0.05) is 23.8 Å². The highest BCUT2D eigenvalue weighted by Gasteiger charge is 2.32. The molecule has 2 aliphatic rings. The second-order valence-corrected chi connectivity index (χ2v) is 7.30. The summed E-state index contributed by atoms with van der Waals surface area (Å²) in [5.74, 6) is 1.65. The molecule has 1 unspecified atom stereocenters. The lowest BCUT2D eigenvalue weighted by Gasteiger charge is -2.27. The molecule has 25 heavy (non-hydrogen) atoms. The maximum absolute atomic E-state index is 13.1. The first-order valence-corrected chi connectivity index (χ1v) is 9.53. The summed E-state index contributed by atoms with van der Waals surface area (Å²) < 4.78 is 14.2. The zero-order chi connectivity index (χ0) is 17.4. The second-order valence-electron chi connectivity index (χ2n) is 6.39. The van der Waals surface area contributed by atoms with E-state index in [9.17, 15) is 4.79 Å². The first-order valence-electron chi connectivity index (χ1n) is 8.73. The predicted molar refractivity (Wildman–Crippen MR) is 98.2 cm³/mol. The van der Waals surface area contributed by atoms with Crippen LogP contribution in [0.3, 0.4) is 0 Å². The van der Waals surface area contributed by atoms with Crippen molar-refractivity contribution in [1.29, 1.82) is 0 Å². The van der Waals surface area contributed by atoms with E-state index in [1.54, 1.807) is 0 Å². The zero-order valence-electron chi connectivity index (χ0n) is 14.2. The van der Waals surface area contributed by atoms with Crippen LogP contribution in [0.25, 0.3) is 0 Å². The molecule has 1 fully saturated rings. The molecule has 4 rings (SSSR count). The number of hydrogen-bond acceptors (Lipinski definition) is 3. The molecule has 2 aliphatic heterocycles. The average molecular weight is 405 g/mol. The first kappa shape index (κ1) is 16.5. The molecule has 1 amide bonds. The lowest BCUT2D eigenvalue weighted by atomic mass is 10.0. The summed E-state index contributed by atoms with van der Waals surface area (Å²) in [6.07, 6.45) is 3.95. The minimum Gasteiger partial charge on any atom is -0.486 e. The van der Waals surface area contributed by atoms with Crippen LogP contribution in [0.1, 0.15) is 41.9 Å². The van der Waals surface area contributed by atoms with Crippen LogP contribution in [0.4, 0.5) is 0 Å². The Morgan fingerprint density at radius 1 is 1.24 bits per heavy atom. The number of amides is 1. The Hall–Kier alpha value is -1.95. The molecule has 0 aliphatic carbocycles. The number of hydrogen-bond donors (Lipinski definition) is 0. The van der Waals surface area contributed by atoms with E-state index in [0.717, 1.165) is 53.2 Å². The molecule has 5 nitrogen and oxygen atoms in total. The molecule has 1 aromatic carbocycles. The largest absolute Gasteiger partial charge is 0.486 e. The molecule has 0 saturated carbocycles. The fourth-order valence-electron chi connectivity index (χ4n) is 3.69. The minimum absolute atomic E-state index is 0.0855. The second kappa shape index (κ2) is 6.75. The monoisotopic (exact) mass is 404 g/mol. The summed E-state index contributed by atoms with van der Waals surface area (Å²) >= 11 is 3.48. The molecular formula is C19H21BrN2O3. The van der Waals surface area contributed by atoms with Gasteiger partial charge in [0.05, 0.1) is 6.04 Å². The van der Waals surface area contributed by atoms with Crippen LogP contribution in [0.15, 0.2) is 34.9 Å². The molecular weight excluding hydrogens is 384 g/mol.